The summed E-state index contributed by atoms with van der Waals surface area (Å²) in [7, 11) is 0. The first-order valence-electron chi connectivity index (χ1n) is 3.50. The van der Waals surface area contributed by atoms with E-state index in [1.807, 2.05) is 0 Å². The van der Waals surface area contributed by atoms with Gasteiger partial charge in [-0.1, -0.05) is 29.7 Å². The van der Waals surface area contributed by atoms with Crippen LogP contribution >= 0.6 is 0 Å². The Kier molecular flexibility index (Phi) is 5.83. The van der Waals surface area contributed by atoms with Crippen molar-refractivity contribution in [1.29, 1.82) is 0 Å². The molecule has 0 spiro atoms. The van der Waals surface area contributed by atoms with Crippen LogP contribution in [0, 0.1) is 0 Å². The molecule has 1 aromatic carbocycles. The van der Waals surface area contributed by atoms with Gasteiger partial charge < -0.3 is 12.9 Å². The molecule has 0 fully saturated rings. The molecular formula is C7H5BF5K. The maximum absolute atomic E-state index is 12.1. The van der Waals surface area contributed by atoms with Crippen LogP contribution < -0.4 is 56.8 Å². The first kappa shape index (κ1) is 14.6. The monoisotopic (exact) mass is 234 g/mol. The summed E-state index contributed by atoms with van der Waals surface area (Å²) in [6.45, 7) is -5.35. The Balaban J connectivity index is 0.00000169. The van der Waals surface area contributed by atoms with E-state index in [1.165, 1.54) is 0 Å². The first-order valence-corrected chi connectivity index (χ1v) is 3.50. The summed E-state index contributed by atoms with van der Waals surface area (Å²) in [6.07, 6.45) is -3.08. The summed E-state index contributed by atoms with van der Waals surface area (Å²) in [4.78, 5) is 0. The minimum Gasteiger partial charge on any atom is -0.445 e. The van der Waals surface area contributed by atoms with Crippen LogP contribution in [0.3, 0.4) is 0 Å². The van der Waals surface area contributed by atoms with Gasteiger partial charge in [0.1, 0.15) is 0 Å². The summed E-state index contributed by atoms with van der Waals surface area (Å²) >= 11 is 0. The Hall–Kier alpha value is 0.571. The van der Waals surface area contributed by atoms with Crippen LogP contribution in [-0.4, -0.2) is 6.98 Å². The summed E-state index contributed by atoms with van der Waals surface area (Å²) in [5.41, 5.74) is -2.16. The largest absolute Gasteiger partial charge is 1.00 e. The molecule has 0 bridgehead atoms. The SMILES string of the molecule is FC(F)c1ccccc1[B-](F)(F)F.[K+]. The third kappa shape index (κ3) is 3.62. The van der Waals surface area contributed by atoms with Gasteiger partial charge in [0, 0.05) is 0 Å². The van der Waals surface area contributed by atoms with Gasteiger partial charge in [0.15, 0.2) is 0 Å². The normalized spacial score (nSPS) is 11.3. The van der Waals surface area contributed by atoms with Crippen molar-refractivity contribution in [3.8, 4) is 0 Å². The van der Waals surface area contributed by atoms with Gasteiger partial charge in [-0.2, -0.15) is 0 Å². The molecule has 0 atom stereocenters. The van der Waals surface area contributed by atoms with Crippen LogP contribution in [0.25, 0.3) is 0 Å². The molecule has 0 N–H and O–H groups in total. The number of benzene rings is 1. The molecule has 0 saturated heterocycles. The molecule has 0 radical (unpaired) electrons. The predicted octanol–water partition coefficient (Wildman–Crippen LogP) is -0.317. The Morgan fingerprint density at radius 3 is 1.86 bits per heavy atom. The molecular weight excluding hydrogens is 229 g/mol. The Bertz CT molecular complexity index is 298. The number of rotatable bonds is 2. The van der Waals surface area contributed by atoms with E-state index in [1.54, 1.807) is 0 Å². The maximum Gasteiger partial charge on any atom is 1.00 e. The summed E-state index contributed by atoms with van der Waals surface area (Å²) in [5, 5.41) is 0. The zero-order chi connectivity index (χ0) is 10.1. The van der Waals surface area contributed by atoms with Gasteiger partial charge in [0.2, 0.25) is 0 Å². The van der Waals surface area contributed by atoms with Gasteiger partial charge in [0.05, 0.1) is 0 Å². The van der Waals surface area contributed by atoms with Gasteiger partial charge in [0.25, 0.3) is 6.43 Å². The molecule has 0 amide bonds. The van der Waals surface area contributed by atoms with Crippen molar-refractivity contribution < 1.29 is 73.1 Å². The second-order valence-electron chi connectivity index (χ2n) is 2.50. The van der Waals surface area contributed by atoms with E-state index >= 15 is 0 Å². The molecule has 0 unspecified atom stereocenters. The van der Waals surface area contributed by atoms with Crippen molar-refractivity contribution in [3.63, 3.8) is 0 Å². The maximum atomic E-state index is 12.1. The average Bonchev–Trinajstić information content (AvgIpc) is 2.03. The van der Waals surface area contributed by atoms with E-state index in [-0.39, 0.29) is 51.4 Å². The molecule has 72 valence electrons. The Labute approximate surface area is 120 Å². The van der Waals surface area contributed by atoms with Crippen molar-refractivity contribution in [2.24, 2.45) is 0 Å². The van der Waals surface area contributed by atoms with Gasteiger partial charge in [-0.25, -0.2) is 8.78 Å². The average molecular weight is 234 g/mol. The Morgan fingerprint density at radius 1 is 1.00 bits per heavy atom. The summed E-state index contributed by atoms with van der Waals surface area (Å²) < 4.78 is 60.5. The summed E-state index contributed by atoms with van der Waals surface area (Å²) in [6, 6.07) is 3.71. The van der Waals surface area contributed by atoms with Crippen LogP contribution in [-0.2, 0) is 0 Å². The molecule has 0 aliphatic rings. The smallest absolute Gasteiger partial charge is 0.445 e. The van der Waals surface area contributed by atoms with Crippen molar-refractivity contribution in [1.82, 2.24) is 0 Å². The van der Waals surface area contributed by atoms with E-state index in [0.29, 0.717) is 6.07 Å². The first-order chi connectivity index (χ1) is 5.93. The van der Waals surface area contributed by atoms with Crippen LogP contribution in [0.4, 0.5) is 21.7 Å². The third-order valence-electron chi connectivity index (χ3n) is 1.58. The molecule has 0 heterocycles. The molecule has 7 heteroatoms. The van der Waals surface area contributed by atoms with E-state index in [0.717, 1.165) is 18.2 Å². The number of hydrogen-bond acceptors (Lipinski definition) is 0. The number of halogens is 5. The van der Waals surface area contributed by atoms with E-state index < -0.39 is 24.4 Å². The zero-order valence-corrected chi connectivity index (χ0v) is 10.5. The molecule has 0 nitrogen and oxygen atoms in total. The molecule has 0 aliphatic carbocycles. The second-order valence-corrected chi connectivity index (χ2v) is 2.50. The van der Waals surface area contributed by atoms with Gasteiger partial charge >= 0.3 is 58.4 Å². The van der Waals surface area contributed by atoms with Crippen molar-refractivity contribution in [2.45, 2.75) is 6.43 Å². The zero-order valence-electron chi connectivity index (χ0n) is 7.35. The molecule has 1 rings (SSSR count). The van der Waals surface area contributed by atoms with Crippen LogP contribution in [0.15, 0.2) is 24.3 Å². The number of hydrogen-bond donors (Lipinski definition) is 0. The van der Waals surface area contributed by atoms with E-state index in [4.69, 9.17) is 0 Å². The molecule has 14 heavy (non-hydrogen) atoms. The summed E-state index contributed by atoms with van der Waals surface area (Å²) in [5.74, 6) is 0. The molecule has 0 aliphatic heterocycles. The van der Waals surface area contributed by atoms with Gasteiger partial charge in [-0.05, 0) is 5.56 Å². The predicted molar refractivity (Wildman–Crippen MR) is 40.1 cm³/mol. The van der Waals surface area contributed by atoms with Gasteiger partial charge in [-0.15, -0.1) is 0 Å². The van der Waals surface area contributed by atoms with Gasteiger partial charge in [-0.3, -0.25) is 0 Å². The third-order valence-corrected chi connectivity index (χ3v) is 1.58. The fourth-order valence-electron chi connectivity index (χ4n) is 1.01. The standard InChI is InChI=1S/C7H5BF5.K/c9-7(10)5-3-1-2-4-6(5)8(11,12)13;/h1-4,7H;/q-1;+1. The van der Waals surface area contributed by atoms with Crippen molar-refractivity contribution in [3.05, 3.63) is 29.8 Å². The van der Waals surface area contributed by atoms with Crippen molar-refractivity contribution >= 4 is 12.4 Å². The quantitative estimate of drug-likeness (QED) is 0.486. The van der Waals surface area contributed by atoms with E-state index in [2.05, 4.69) is 0 Å². The van der Waals surface area contributed by atoms with Crippen LogP contribution in [0.5, 0.6) is 0 Å². The number of alkyl halides is 2. The van der Waals surface area contributed by atoms with E-state index in [9.17, 15) is 21.7 Å². The fraction of sp³-hybridized carbons (Fsp3) is 0.143. The van der Waals surface area contributed by atoms with Crippen LogP contribution in [0.1, 0.15) is 12.0 Å². The second kappa shape index (κ2) is 5.60. The minimum absolute atomic E-state index is 0. The molecule has 0 aromatic heterocycles. The minimum atomic E-state index is -5.35. The fourth-order valence-corrected chi connectivity index (χ4v) is 1.01. The van der Waals surface area contributed by atoms with Crippen LogP contribution in [0.2, 0.25) is 0 Å². The topological polar surface area (TPSA) is 0 Å². The Morgan fingerprint density at radius 2 is 1.50 bits per heavy atom. The molecule has 0 saturated carbocycles. The molecule has 1 aromatic rings. The van der Waals surface area contributed by atoms with Crippen molar-refractivity contribution in [2.75, 3.05) is 0 Å².